The standard InChI is InChI=1S/C24H27N3O2S2/c1-16(2)26-23(28)15-31-22-7-5-4-6-20(22)24(29)25-13-12-18-8-10-19(11-9-18)21-14-30-17(3)27-21/h4-11,14,16H,12-13,15H2,1-3H3,(H,25,29)(H,26,28). The van der Waals surface area contributed by atoms with Crippen LogP contribution in [0, 0.1) is 6.92 Å². The fourth-order valence-corrected chi connectivity index (χ4v) is 4.52. The third-order valence-electron chi connectivity index (χ3n) is 4.51. The summed E-state index contributed by atoms with van der Waals surface area (Å²) >= 11 is 3.02. The van der Waals surface area contributed by atoms with Crippen molar-refractivity contribution in [1.82, 2.24) is 15.6 Å². The number of amides is 2. The minimum Gasteiger partial charge on any atom is -0.353 e. The highest BCUT2D eigenvalue weighted by Gasteiger charge is 2.13. The lowest BCUT2D eigenvalue weighted by molar-refractivity contribution is -0.119. The lowest BCUT2D eigenvalue weighted by Gasteiger charge is -2.11. The Morgan fingerprint density at radius 1 is 1.10 bits per heavy atom. The van der Waals surface area contributed by atoms with Crippen LogP contribution in [0.5, 0.6) is 0 Å². The van der Waals surface area contributed by atoms with Gasteiger partial charge in [-0.25, -0.2) is 4.98 Å². The molecule has 1 heterocycles. The summed E-state index contributed by atoms with van der Waals surface area (Å²) in [5.41, 5.74) is 3.85. The minimum absolute atomic E-state index is 0.0357. The van der Waals surface area contributed by atoms with Crippen LogP contribution in [0.2, 0.25) is 0 Å². The Morgan fingerprint density at radius 2 is 1.84 bits per heavy atom. The first kappa shape index (κ1) is 23.0. The predicted molar refractivity (Wildman–Crippen MR) is 129 cm³/mol. The van der Waals surface area contributed by atoms with Crippen molar-refractivity contribution < 1.29 is 9.59 Å². The third-order valence-corrected chi connectivity index (χ3v) is 6.36. The number of nitrogens with one attached hydrogen (secondary N) is 2. The molecule has 2 N–H and O–H groups in total. The van der Waals surface area contributed by atoms with Crippen molar-refractivity contribution in [3.63, 3.8) is 0 Å². The number of carbonyl (C=O) groups is 2. The Balaban J connectivity index is 1.52. The fourth-order valence-electron chi connectivity index (χ4n) is 3.04. The monoisotopic (exact) mass is 453 g/mol. The predicted octanol–water partition coefficient (Wildman–Crippen LogP) is 4.71. The van der Waals surface area contributed by atoms with E-state index in [-0.39, 0.29) is 23.6 Å². The molecule has 0 saturated heterocycles. The van der Waals surface area contributed by atoms with Crippen molar-refractivity contribution in [3.8, 4) is 11.3 Å². The molecule has 7 heteroatoms. The van der Waals surface area contributed by atoms with Crippen molar-refractivity contribution in [2.45, 2.75) is 38.1 Å². The van der Waals surface area contributed by atoms with Gasteiger partial charge in [0.1, 0.15) is 0 Å². The molecule has 0 saturated carbocycles. The SMILES string of the molecule is Cc1nc(-c2ccc(CCNC(=O)c3ccccc3SCC(=O)NC(C)C)cc2)cs1. The van der Waals surface area contributed by atoms with Crippen LogP contribution in [0.3, 0.4) is 0 Å². The number of hydrogen-bond donors (Lipinski definition) is 2. The van der Waals surface area contributed by atoms with Crippen LogP contribution in [-0.4, -0.2) is 35.1 Å². The second-order valence-electron chi connectivity index (χ2n) is 7.46. The number of aromatic nitrogens is 1. The molecule has 0 fully saturated rings. The van der Waals surface area contributed by atoms with E-state index in [0.717, 1.165) is 33.1 Å². The van der Waals surface area contributed by atoms with E-state index in [1.54, 1.807) is 17.4 Å². The number of rotatable bonds is 9. The summed E-state index contributed by atoms with van der Waals surface area (Å²) in [6.45, 7) is 6.40. The maximum atomic E-state index is 12.7. The van der Waals surface area contributed by atoms with Crippen LogP contribution >= 0.6 is 23.1 Å². The number of nitrogens with zero attached hydrogens (tertiary/aromatic N) is 1. The van der Waals surface area contributed by atoms with E-state index in [9.17, 15) is 9.59 Å². The molecule has 3 rings (SSSR count). The summed E-state index contributed by atoms with van der Waals surface area (Å²) in [7, 11) is 0. The number of thioether (sulfide) groups is 1. The molecule has 162 valence electrons. The number of hydrogen-bond acceptors (Lipinski definition) is 5. The Morgan fingerprint density at radius 3 is 2.52 bits per heavy atom. The van der Waals surface area contributed by atoms with Gasteiger partial charge in [-0.3, -0.25) is 9.59 Å². The van der Waals surface area contributed by atoms with Crippen molar-refractivity contribution in [2.75, 3.05) is 12.3 Å². The fraction of sp³-hybridized carbons (Fsp3) is 0.292. The quantitative estimate of drug-likeness (QED) is 0.461. The first-order valence-corrected chi connectivity index (χ1v) is 12.1. The van der Waals surface area contributed by atoms with Gasteiger partial charge in [0, 0.05) is 28.4 Å². The van der Waals surface area contributed by atoms with Crippen LogP contribution < -0.4 is 10.6 Å². The van der Waals surface area contributed by atoms with Gasteiger partial charge in [-0.05, 0) is 44.9 Å². The summed E-state index contributed by atoms with van der Waals surface area (Å²) in [6.07, 6.45) is 0.744. The largest absolute Gasteiger partial charge is 0.353 e. The Labute approximate surface area is 191 Å². The molecule has 0 aliphatic rings. The highest BCUT2D eigenvalue weighted by molar-refractivity contribution is 8.00. The lowest BCUT2D eigenvalue weighted by Crippen LogP contribution is -2.31. The maximum absolute atomic E-state index is 12.7. The summed E-state index contributed by atoms with van der Waals surface area (Å²) < 4.78 is 0. The van der Waals surface area contributed by atoms with Gasteiger partial charge >= 0.3 is 0 Å². The molecule has 0 unspecified atom stereocenters. The van der Waals surface area contributed by atoms with E-state index in [2.05, 4.69) is 45.3 Å². The summed E-state index contributed by atoms with van der Waals surface area (Å²) in [6, 6.07) is 15.8. The molecule has 5 nitrogen and oxygen atoms in total. The van der Waals surface area contributed by atoms with Gasteiger partial charge in [-0.15, -0.1) is 23.1 Å². The number of benzene rings is 2. The Bertz CT molecular complexity index is 1030. The average Bonchev–Trinajstić information content (AvgIpc) is 3.18. The van der Waals surface area contributed by atoms with Crippen molar-refractivity contribution in [3.05, 3.63) is 70.0 Å². The van der Waals surface area contributed by atoms with E-state index in [1.807, 2.05) is 39.0 Å². The van der Waals surface area contributed by atoms with Crippen molar-refractivity contribution in [1.29, 1.82) is 0 Å². The zero-order chi connectivity index (χ0) is 22.2. The third kappa shape index (κ3) is 6.94. The van der Waals surface area contributed by atoms with Crippen LogP contribution in [0.25, 0.3) is 11.3 Å². The molecule has 0 radical (unpaired) electrons. The lowest BCUT2D eigenvalue weighted by atomic mass is 10.1. The molecule has 2 amide bonds. The summed E-state index contributed by atoms with van der Waals surface area (Å²) in [4.78, 5) is 29.9. The second-order valence-corrected chi connectivity index (χ2v) is 9.54. The van der Waals surface area contributed by atoms with Crippen molar-refractivity contribution in [2.24, 2.45) is 0 Å². The van der Waals surface area contributed by atoms with Crippen LogP contribution in [0.4, 0.5) is 0 Å². The van der Waals surface area contributed by atoms with E-state index >= 15 is 0 Å². The zero-order valence-electron chi connectivity index (χ0n) is 18.0. The van der Waals surface area contributed by atoms with E-state index in [0.29, 0.717) is 12.1 Å². The highest BCUT2D eigenvalue weighted by Crippen LogP contribution is 2.23. The van der Waals surface area contributed by atoms with E-state index in [4.69, 9.17) is 0 Å². The molecule has 1 aromatic heterocycles. The van der Waals surface area contributed by atoms with Gasteiger partial charge in [-0.1, -0.05) is 36.4 Å². The summed E-state index contributed by atoms with van der Waals surface area (Å²) in [5, 5.41) is 8.98. The van der Waals surface area contributed by atoms with Crippen LogP contribution in [0.15, 0.2) is 58.8 Å². The van der Waals surface area contributed by atoms with E-state index in [1.165, 1.54) is 11.8 Å². The molecular weight excluding hydrogens is 426 g/mol. The topological polar surface area (TPSA) is 71.1 Å². The number of thiazole rings is 1. The van der Waals surface area contributed by atoms with Crippen molar-refractivity contribution >= 4 is 34.9 Å². The van der Waals surface area contributed by atoms with Crippen LogP contribution in [0.1, 0.15) is 34.8 Å². The Hall–Kier alpha value is -2.64. The molecule has 0 atom stereocenters. The average molecular weight is 454 g/mol. The van der Waals surface area contributed by atoms with Gasteiger partial charge in [-0.2, -0.15) is 0 Å². The van der Waals surface area contributed by atoms with Gasteiger partial charge in [0.25, 0.3) is 5.91 Å². The summed E-state index contributed by atoms with van der Waals surface area (Å²) in [5.74, 6) is 0.126. The number of carbonyl (C=O) groups excluding carboxylic acids is 2. The molecular formula is C24H27N3O2S2. The molecule has 0 aliphatic heterocycles. The first-order chi connectivity index (χ1) is 14.9. The molecule has 2 aromatic carbocycles. The second kappa shape index (κ2) is 11.1. The molecule has 3 aromatic rings. The minimum atomic E-state index is -0.123. The van der Waals surface area contributed by atoms with E-state index < -0.39 is 0 Å². The molecule has 0 aliphatic carbocycles. The zero-order valence-corrected chi connectivity index (χ0v) is 19.6. The molecule has 0 spiro atoms. The first-order valence-electron chi connectivity index (χ1n) is 10.2. The highest BCUT2D eigenvalue weighted by atomic mass is 32.2. The van der Waals surface area contributed by atoms with Gasteiger partial charge in [0.05, 0.1) is 22.0 Å². The normalized spacial score (nSPS) is 10.8. The Kier molecular flexibility index (Phi) is 8.26. The molecule has 0 bridgehead atoms. The van der Waals surface area contributed by atoms with Gasteiger partial charge in [0.15, 0.2) is 0 Å². The van der Waals surface area contributed by atoms with Crippen LogP contribution in [-0.2, 0) is 11.2 Å². The maximum Gasteiger partial charge on any atom is 0.252 e. The molecule has 31 heavy (non-hydrogen) atoms. The van der Waals surface area contributed by atoms with Gasteiger partial charge in [0.2, 0.25) is 5.91 Å². The number of aryl methyl sites for hydroxylation is 1. The smallest absolute Gasteiger partial charge is 0.252 e. The van der Waals surface area contributed by atoms with Gasteiger partial charge < -0.3 is 10.6 Å².